The average molecular weight is 312 g/mol. The van der Waals surface area contributed by atoms with Gasteiger partial charge in [0.05, 0.1) is 12.1 Å². The van der Waals surface area contributed by atoms with Crippen molar-refractivity contribution in [3.8, 4) is 0 Å². The van der Waals surface area contributed by atoms with Gasteiger partial charge in [0.25, 0.3) is 5.91 Å². The number of rotatable bonds is 4. The molecule has 1 atom stereocenters. The average Bonchev–Trinajstić information content (AvgIpc) is 3.16. The highest BCUT2D eigenvalue weighted by atomic mass is 79.9. The zero-order chi connectivity index (χ0) is 13.3. The Morgan fingerprint density at radius 1 is 1.56 bits per heavy atom. The third kappa shape index (κ3) is 2.59. The number of carbonyl (C=O) groups is 1. The Bertz CT molecular complexity index is 471. The van der Waals surface area contributed by atoms with E-state index < -0.39 is 5.54 Å². The molecule has 98 valence electrons. The van der Waals surface area contributed by atoms with Gasteiger partial charge in [0.2, 0.25) is 0 Å². The number of aliphatic hydroxyl groups is 1. The molecule has 0 spiro atoms. The van der Waals surface area contributed by atoms with Crippen LogP contribution in [0.25, 0.3) is 0 Å². The largest absolute Gasteiger partial charge is 0.394 e. The van der Waals surface area contributed by atoms with E-state index in [0.29, 0.717) is 11.5 Å². The second-order valence-electron chi connectivity index (χ2n) is 5.22. The minimum absolute atomic E-state index is 0.0174. The molecule has 1 saturated carbocycles. The number of carbonyl (C=O) groups excluding carboxylic acids is 1. The molecule has 0 aliphatic heterocycles. The van der Waals surface area contributed by atoms with Crippen LogP contribution in [-0.2, 0) is 0 Å². The van der Waals surface area contributed by atoms with Crippen LogP contribution >= 0.6 is 15.9 Å². The van der Waals surface area contributed by atoms with Gasteiger partial charge in [0.15, 0.2) is 0 Å². The predicted molar refractivity (Wildman–Crippen MR) is 74.6 cm³/mol. The van der Waals surface area contributed by atoms with Gasteiger partial charge in [-0.2, -0.15) is 0 Å². The maximum Gasteiger partial charge on any atom is 0.252 e. The molecule has 0 radical (unpaired) electrons. The van der Waals surface area contributed by atoms with Gasteiger partial charge >= 0.3 is 0 Å². The van der Waals surface area contributed by atoms with Crippen molar-refractivity contribution in [3.05, 3.63) is 33.8 Å². The first-order valence-corrected chi connectivity index (χ1v) is 6.96. The van der Waals surface area contributed by atoms with Crippen molar-refractivity contribution in [2.24, 2.45) is 5.92 Å². The number of amides is 1. The van der Waals surface area contributed by atoms with Gasteiger partial charge in [-0.1, -0.05) is 22.0 Å². The van der Waals surface area contributed by atoms with Crippen LogP contribution in [0.3, 0.4) is 0 Å². The first-order valence-electron chi connectivity index (χ1n) is 6.16. The third-order valence-electron chi connectivity index (χ3n) is 3.72. The summed E-state index contributed by atoms with van der Waals surface area (Å²) in [6.07, 6.45) is 2.16. The maximum atomic E-state index is 12.3. The third-order valence-corrected chi connectivity index (χ3v) is 4.58. The first kappa shape index (κ1) is 13.6. The molecule has 1 aliphatic carbocycles. The maximum absolute atomic E-state index is 12.3. The van der Waals surface area contributed by atoms with Gasteiger partial charge in [-0.25, -0.2) is 0 Å². The molecule has 0 saturated heterocycles. The van der Waals surface area contributed by atoms with Crippen molar-refractivity contribution in [1.82, 2.24) is 5.32 Å². The monoisotopic (exact) mass is 311 g/mol. The Hall–Kier alpha value is -0.870. The SMILES string of the molecule is Cc1c(Br)cccc1C(=O)NC(C)(CO)C1CC1. The van der Waals surface area contributed by atoms with Crippen LogP contribution in [0.4, 0.5) is 0 Å². The molecule has 1 amide bonds. The van der Waals surface area contributed by atoms with Crippen LogP contribution < -0.4 is 5.32 Å². The van der Waals surface area contributed by atoms with Crippen molar-refractivity contribution in [2.45, 2.75) is 32.2 Å². The van der Waals surface area contributed by atoms with Crippen LogP contribution in [0.5, 0.6) is 0 Å². The summed E-state index contributed by atoms with van der Waals surface area (Å²) in [7, 11) is 0. The summed E-state index contributed by atoms with van der Waals surface area (Å²) in [5, 5.41) is 12.5. The Morgan fingerprint density at radius 3 is 2.78 bits per heavy atom. The van der Waals surface area contributed by atoms with Crippen LogP contribution in [0.1, 0.15) is 35.7 Å². The molecule has 1 aliphatic rings. The predicted octanol–water partition coefficient (Wildman–Crippen LogP) is 2.65. The molecule has 0 heterocycles. The first-order chi connectivity index (χ1) is 8.48. The molecule has 0 aromatic heterocycles. The minimum atomic E-state index is -0.494. The summed E-state index contributed by atoms with van der Waals surface area (Å²) in [4.78, 5) is 12.3. The molecule has 1 aromatic rings. The van der Waals surface area contributed by atoms with Crippen molar-refractivity contribution in [2.75, 3.05) is 6.61 Å². The fourth-order valence-electron chi connectivity index (χ4n) is 2.17. The zero-order valence-corrected chi connectivity index (χ0v) is 12.3. The molecule has 18 heavy (non-hydrogen) atoms. The quantitative estimate of drug-likeness (QED) is 0.898. The fraction of sp³-hybridized carbons (Fsp3) is 0.500. The van der Waals surface area contributed by atoms with Crippen LogP contribution in [0.15, 0.2) is 22.7 Å². The topological polar surface area (TPSA) is 49.3 Å². The van der Waals surface area contributed by atoms with E-state index >= 15 is 0 Å². The number of aliphatic hydroxyl groups excluding tert-OH is 1. The Balaban J connectivity index is 2.19. The van der Waals surface area contributed by atoms with Crippen molar-refractivity contribution in [3.63, 3.8) is 0 Å². The fourth-order valence-corrected chi connectivity index (χ4v) is 2.54. The van der Waals surface area contributed by atoms with E-state index in [1.807, 2.05) is 26.0 Å². The normalized spacial score (nSPS) is 18.2. The van der Waals surface area contributed by atoms with Crippen molar-refractivity contribution < 1.29 is 9.90 Å². The lowest BCUT2D eigenvalue weighted by atomic mass is 9.96. The molecule has 4 heteroatoms. The molecule has 2 N–H and O–H groups in total. The number of hydrogen-bond donors (Lipinski definition) is 2. The Morgan fingerprint density at radius 2 is 2.22 bits per heavy atom. The summed E-state index contributed by atoms with van der Waals surface area (Å²) in [6.45, 7) is 3.80. The number of benzene rings is 1. The lowest BCUT2D eigenvalue weighted by Gasteiger charge is -2.29. The molecule has 1 fully saturated rings. The van der Waals surface area contributed by atoms with Gasteiger partial charge in [-0.15, -0.1) is 0 Å². The molecular formula is C14H18BrNO2. The van der Waals surface area contributed by atoms with E-state index in [0.717, 1.165) is 22.9 Å². The van der Waals surface area contributed by atoms with E-state index in [-0.39, 0.29) is 12.5 Å². The van der Waals surface area contributed by atoms with Gasteiger partial charge in [0.1, 0.15) is 0 Å². The second kappa shape index (κ2) is 5.02. The highest BCUT2D eigenvalue weighted by Gasteiger charge is 2.42. The molecule has 2 rings (SSSR count). The number of hydrogen-bond acceptors (Lipinski definition) is 2. The van der Waals surface area contributed by atoms with Crippen molar-refractivity contribution in [1.29, 1.82) is 0 Å². The van der Waals surface area contributed by atoms with E-state index in [4.69, 9.17) is 0 Å². The van der Waals surface area contributed by atoms with Gasteiger partial charge in [0, 0.05) is 10.0 Å². The lowest BCUT2D eigenvalue weighted by Crippen LogP contribution is -2.50. The molecule has 0 bridgehead atoms. The van der Waals surface area contributed by atoms with Gasteiger partial charge in [-0.3, -0.25) is 4.79 Å². The number of nitrogens with one attached hydrogen (secondary N) is 1. The van der Waals surface area contributed by atoms with E-state index in [1.165, 1.54) is 0 Å². The van der Waals surface area contributed by atoms with E-state index in [1.54, 1.807) is 6.07 Å². The molecule has 1 unspecified atom stereocenters. The number of halogens is 1. The summed E-state index contributed by atoms with van der Waals surface area (Å²) >= 11 is 3.42. The minimum Gasteiger partial charge on any atom is -0.394 e. The molecule has 3 nitrogen and oxygen atoms in total. The molecular weight excluding hydrogens is 294 g/mol. The summed E-state index contributed by atoms with van der Waals surface area (Å²) in [6, 6.07) is 5.57. The Labute approximate surface area is 116 Å². The van der Waals surface area contributed by atoms with E-state index in [9.17, 15) is 9.90 Å². The van der Waals surface area contributed by atoms with Gasteiger partial charge in [-0.05, 0) is 50.3 Å². The zero-order valence-electron chi connectivity index (χ0n) is 10.7. The lowest BCUT2D eigenvalue weighted by molar-refractivity contribution is 0.0824. The molecule has 1 aromatic carbocycles. The smallest absolute Gasteiger partial charge is 0.252 e. The van der Waals surface area contributed by atoms with Crippen LogP contribution in [0, 0.1) is 12.8 Å². The summed E-state index contributed by atoms with van der Waals surface area (Å²) < 4.78 is 0.923. The highest BCUT2D eigenvalue weighted by Crippen LogP contribution is 2.39. The summed E-state index contributed by atoms with van der Waals surface area (Å²) in [5.74, 6) is 0.288. The van der Waals surface area contributed by atoms with Crippen molar-refractivity contribution >= 4 is 21.8 Å². The van der Waals surface area contributed by atoms with Crippen LogP contribution in [0.2, 0.25) is 0 Å². The van der Waals surface area contributed by atoms with Crippen LogP contribution in [-0.4, -0.2) is 23.2 Å². The van der Waals surface area contributed by atoms with Gasteiger partial charge < -0.3 is 10.4 Å². The second-order valence-corrected chi connectivity index (χ2v) is 6.07. The summed E-state index contributed by atoms with van der Waals surface area (Å²) in [5.41, 5.74) is 1.09. The van der Waals surface area contributed by atoms with E-state index in [2.05, 4.69) is 21.2 Å². The Kier molecular flexibility index (Phi) is 3.78. The highest BCUT2D eigenvalue weighted by molar-refractivity contribution is 9.10. The standard InChI is InChI=1S/C14H18BrNO2/c1-9-11(4-3-5-12(9)15)13(18)16-14(2,8-17)10-6-7-10/h3-5,10,17H,6-8H2,1-2H3,(H,16,18).